The maximum absolute atomic E-state index is 12.8. The highest BCUT2D eigenvalue weighted by atomic mass is 32.3. The van der Waals surface area contributed by atoms with Gasteiger partial charge in [0.2, 0.25) is 5.79 Å². The second-order valence-corrected chi connectivity index (χ2v) is 4.66. The third kappa shape index (κ3) is 1.20. The molecular weight excluding hydrogens is 199 g/mol. The number of methoxy groups -OCH3 is 1. The molecule has 0 N–H and O–H groups in total. The zero-order valence-electron chi connectivity index (χ0n) is 6.94. The van der Waals surface area contributed by atoms with Crippen LogP contribution < -0.4 is 0 Å². The summed E-state index contributed by atoms with van der Waals surface area (Å²) in [6.07, 6.45) is 2.94. The fourth-order valence-electron chi connectivity index (χ4n) is 1.80. The minimum atomic E-state index is -4.61. The van der Waals surface area contributed by atoms with Crippen LogP contribution in [0.4, 0.5) is 3.89 Å². The molecule has 1 fully saturated rings. The normalized spacial score (nSPS) is 42.9. The van der Waals surface area contributed by atoms with Crippen LogP contribution in [0.5, 0.6) is 0 Å². The average molecular weight is 208 g/mol. The van der Waals surface area contributed by atoms with Gasteiger partial charge in [0.1, 0.15) is 0 Å². The summed E-state index contributed by atoms with van der Waals surface area (Å²) < 4.78 is 44.3. The fourth-order valence-corrected chi connectivity index (χ4v) is 2.84. The van der Waals surface area contributed by atoms with Crippen molar-refractivity contribution in [3.8, 4) is 0 Å². The third-order valence-electron chi connectivity index (χ3n) is 2.43. The highest BCUT2D eigenvalue weighted by Gasteiger charge is 2.57. The van der Waals surface area contributed by atoms with Crippen molar-refractivity contribution >= 4 is 10.2 Å². The number of halogens is 1. The molecule has 2 aliphatic heterocycles. The average Bonchev–Trinajstić information content (AvgIpc) is 2.59. The minimum Gasteiger partial charge on any atom is -0.349 e. The molecule has 1 saturated heterocycles. The first-order valence-corrected chi connectivity index (χ1v) is 5.28. The summed E-state index contributed by atoms with van der Waals surface area (Å²) in [6, 6.07) is 0. The van der Waals surface area contributed by atoms with E-state index in [1.54, 1.807) is 6.08 Å². The van der Waals surface area contributed by atoms with E-state index in [9.17, 15) is 12.3 Å². The molecule has 4 nitrogen and oxygen atoms in total. The first kappa shape index (κ1) is 9.11. The Balaban J connectivity index is 2.39. The standard InChI is InChI=1S/C7H9FO4S/c1-11-7-3-2-5(12-7)4-6(7)13(8,9)10/h2-3,5-6H,4H2,1H3. The van der Waals surface area contributed by atoms with Crippen LogP contribution in [-0.4, -0.2) is 32.7 Å². The van der Waals surface area contributed by atoms with Crippen molar-refractivity contribution in [3.63, 3.8) is 0 Å². The molecule has 2 rings (SSSR count). The summed E-state index contributed by atoms with van der Waals surface area (Å²) >= 11 is 0. The van der Waals surface area contributed by atoms with Crippen LogP contribution in [-0.2, 0) is 19.7 Å². The molecule has 13 heavy (non-hydrogen) atoms. The number of fused-ring (bicyclic) bond motifs is 2. The van der Waals surface area contributed by atoms with Gasteiger partial charge in [0.25, 0.3) is 0 Å². The molecule has 3 unspecified atom stereocenters. The van der Waals surface area contributed by atoms with E-state index in [0.717, 1.165) is 0 Å². The molecule has 2 bridgehead atoms. The minimum absolute atomic E-state index is 0.128. The van der Waals surface area contributed by atoms with E-state index in [0.29, 0.717) is 0 Å². The van der Waals surface area contributed by atoms with Crippen LogP contribution in [0.3, 0.4) is 0 Å². The van der Waals surface area contributed by atoms with Gasteiger partial charge in [0, 0.05) is 13.5 Å². The topological polar surface area (TPSA) is 52.6 Å². The summed E-state index contributed by atoms with van der Waals surface area (Å²) in [7, 11) is -3.30. The van der Waals surface area contributed by atoms with E-state index in [1.165, 1.54) is 13.2 Å². The quantitative estimate of drug-likeness (QED) is 0.485. The Morgan fingerprint density at radius 1 is 1.69 bits per heavy atom. The molecule has 0 radical (unpaired) electrons. The Bertz CT molecular complexity index is 350. The summed E-state index contributed by atoms with van der Waals surface area (Å²) in [5, 5.41) is -1.22. The van der Waals surface area contributed by atoms with Crippen LogP contribution in [0.1, 0.15) is 6.42 Å². The van der Waals surface area contributed by atoms with Crippen LogP contribution in [0.2, 0.25) is 0 Å². The summed E-state index contributed by atoms with van der Waals surface area (Å²) in [5.41, 5.74) is 0. The summed E-state index contributed by atoms with van der Waals surface area (Å²) in [4.78, 5) is 0. The van der Waals surface area contributed by atoms with Crippen molar-refractivity contribution < 1.29 is 21.8 Å². The second kappa shape index (κ2) is 2.52. The Kier molecular flexibility index (Phi) is 1.77. The Morgan fingerprint density at radius 2 is 2.38 bits per heavy atom. The molecule has 6 heteroatoms. The lowest BCUT2D eigenvalue weighted by atomic mass is 10.0. The van der Waals surface area contributed by atoms with E-state index < -0.39 is 21.3 Å². The van der Waals surface area contributed by atoms with Gasteiger partial charge >= 0.3 is 10.2 Å². The van der Waals surface area contributed by atoms with Gasteiger partial charge in [-0.25, -0.2) is 0 Å². The van der Waals surface area contributed by atoms with Crippen LogP contribution in [0.25, 0.3) is 0 Å². The van der Waals surface area contributed by atoms with E-state index in [2.05, 4.69) is 0 Å². The highest BCUT2D eigenvalue weighted by molar-refractivity contribution is 7.87. The SMILES string of the molecule is COC12C=CC(CC1S(=O)(=O)F)O2. The maximum atomic E-state index is 12.8. The van der Waals surface area contributed by atoms with Crippen molar-refractivity contribution in [1.82, 2.24) is 0 Å². The molecule has 0 aliphatic carbocycles. The zero-order chi connectivity index (χ0) is 9.69. The van der Waals surface area contributed by atoms with Crippen molar-refractivity contribution in [2.75, 3.05) is 7.11 Å². The largest absolute Gasteiger partial charge is 0.349 e. The summed E-state index contributed by atoms with van der Waals surface area (Å²) in [6.45, 7) is 0. The highest BCUT2D eigenvalue weighted by Crippen LogP contribution is 2.42. The van der Waals surface area contributed by atoms with Crippen molar-refractivity contribution in [3.05, 3.63) is 12.2 Å². The van der Waals surface area contributed by atoms with Crippen molar-refractivity contribution in [2.24, 2.45) is 0 Å². The number of hydrogen-bond donors (Lipinski definition) is 0. The lowest BCUT2D eigenvalue weighted by molar-refractivity contribution is -0.155. The van der Waals surface area contributed by atoms with Crippen LogP contribution in [0.15, 0.2) is 12.2 Å². The van der Waals surface area contributed by atoms with Gasteiger partial charge in [0.15, 0.2) is 5.25 Å². The van der Waals surface area contributed by atoms with E-state index >= 15 is 0 Å². The van der Waals surface area contributed by atoms with Gasteiger partial charge in [-0.05, 0) is 6.08 Å². The molecular formula is C7H9FO4S. The molecule has 0 amide bonds. The van der Waals surface area contributed by atoms with E-state index in [1.807, 2.05) is 0 Å². The Morgan fingerprint density at radius 3 is 2.77 bits per heavy atom. The van der Waals surface area contributed by atoms with Crippen LogP contribution >= 0.6 is 0 Å². The molecule has 0 aromatic heterocycles. The molecule has 0 spiro atoms. The first-order chi connectivity index (χ1) is 5.98. The van der Waals surface area contributed by atoms with Gasteiger partial charge in [-0.3, -0.25) is 0 Å². The van der Waals surface area contributed by atoms with Crippen molar-refractivity contribution in [2.45, 2.75) is 23.6 Å². The monoisotopic (exact) mass is 208 g/mol. The molecule has 3 atom stereocenters. The molecule has 0 saturated carbocycles. The zero-order valence-corrected chi connectivity index (χ0v) is 7.75. The number of ether oxygens (including phenoxy) is 2. The van der Waals surface area contributed by atoms with E-state index in [4.69, 9.17) is 9.47 Å². The fraction of sp³-hybridized carbons (Fsp3) is 0.714. The third-order valence-corrected chi connectivity index (χ3v) is 3.63. The Labute approximate surface area is 75.5 Å². The molecule has 2 aliphatic rings. The van der Waals surface area contributed by atoms with Gasteiger partial charge < -0.3 is 9.47 Å². The Hall–Kier alpha value is -0.460. The lowest BCUT2D eigenvalue weighted by Gasteiger charge is -2.25. The lowest BCUT2D eigenvalue weighted by Crippen LogP contribution is -2.42. The molecule has 2 heterocycles. The predicted molar refractivity (Wildman–Crippen MR) is 42.2 cm³/mol. The molecule has 0 aromatic rings. The smallest absolute Gasteiger partial charge is 0.311 e. The van der Waals surface area contributed by atoms with E-state index in [-0.39, 0.29) is 12.5 Å². The van der Waals surface area contributed by atoms with Crippen molar-refractivity contribution in [1.29, 1.82) is 0 Å². The predicted octanol–water partition coefficient (Wildman–Crippen LogP) is 0.356. The first-order valence-electron chi connectivity index (χ1n) is 3.84. The molecule has 0 aromatic carbocycles. The summed E-state index contributed by atoms with van der Waals surface area (Å²) in [5.74, 6) is -1.39. The van der Waals surface area contributed by atoms with Crippen LogP contribution in [0, 0.1) is 0 Å². The van der Waals surface area contributed by atoms with Gasteiger partial charge in [-0.2, -0.15) is 8.42 Å². The number of rotatable bonds is 2. The van der Waals surface area contributed by atoms with Gasteiger partial charge in [-0.15, -0.1) is 3.89 Å². The second-order valence-electron chi connectivity index (χ2n) is 3.14. The maximum Gasteiger partial charge on any atom is 0.311 e. The number of hydrogen-bond acceptors (Lipinski definition) is 4. The van der Waals surface area contributed by atoms with Gasteiger partial charge in [-0.1, -0.05) is 6.08 Å². The molecule has 74 valence electrons. The van der Waals surface area contributed by atoms with Gasteiger partial charge in [0.05, 0.1) is 6.10 Å².